The maximum atomic E-state index is 11.4. The van der Waals surface area contributed by atoms with Gasteiger partial charge in [0.1, 0.15) is 5.75 Å². The van der Waals surface area contributed by atoms with Crippen LogP contribution in [0.2, 0.25) is 0 Å². The van der Waals surface area contributed by atoms with Crippen molar-refractivity contribution >= 4 is 17.7 Å². The van der Waals surface area contributed by atoms with Gasteiger partial charge in [-0.15, -0.1) is 0 Å². The number of rotatable bonds is 4. The third kappa shape index (κ3) is 3.77. The fourth-order valence-corrected chi connectivity index (χ4v) is 2.82. The first kappa shape index (κ1) is 13.5. The third-order valence-corrected chi connectivity index (χ3v) is 3.97. The van der Waals surface area contributed by atoms with Crippen molar-refractivity contribution in [3.05, 3.63) is 29.8 Å². The highest BCUT2D eigenvalue weighted by molar-refractivity contribution is 7.99. The quantitative estimate of drug-likeness (QED) is 0.607. The lowest BCUT2D eigenvalue weighted by molar-refractivity contribution is -0.131. The number of hydrogen-bond acceptors (Lipinski definition) is 3. The molecule has 0 spiro atoms. The zero-order valence-corrected chi connectivity index (χ0v) is 11.7. The fraction of sp³-hybridized carbons (Fsp3) is 0.533. The zero-order valence-electron chi connectivity index (χ0n) is 10.9. The number of benzene rings is 1. The summed E-state index contributed by atoms with van der Waals surface area (Å²) in [5.74, 6) is 1.60. The summed E-state index contributed by atoms with van der Waals surface area (Å²) < 4.78 is 5.24. The van der Waals surface area contributed by atoms with Crippen molar-refractivity contribution in [1.82, 2.24) is 0 Å². The van der Waals surface area contributed by atoms with Gasteiger partial charge in [0.15, 0.2) is 0 Å². The lowest BCUT2D eigenvalue weighted by Crippen LogP contribution is -2.10. The Hall–Kier alpha value is -0.960. The first-order valence-corrected chi connectivity index (χ1v) is 7.98. The average molecular weight is 264 g/mol. The monoisotopic (exact) mass is 264 g/mol. The molecule has 0 N–H and O–H groups in total. The van der Waals surface area contributed by atoms with Crippen molar-refractivity contribution in [1.29, 1.82) is 0 Å². The van der Waals surface area contributed by atoms with E-state index in [1.54, 1.807) is 0 Å². The summed E-state index contributed by atoms with van der Waals surface area (Å²) in [6, 6.07) is 8.06. The van der Waals surface area contributed by atoms with Crippen LogP contribution >= 0.6 is 11.8 Å². The maximum Gasteiger partial charge on any atom is 0.321 e. The molecule has 3 heteroatoms. The van der Waals surface area contributed by atoms with Crippen LogP contribution in [0.4, 0.5) is 0 Å². The Morgan fingerprint density at radius 2 is 1.89 bits per heavy atom. The minimum absolute atomic E-state index is 0.173. The van der Waals surface area contributed by atoms with E-state index in [2.05, 4.69) is 12.1 Å². The maximum absolute atomic E-state index is 11.4. The molecule has 0 bridgehead atoms. The highest BCUT2D eigenvalue weighted by Gasteiger charge is 2.15. The van der Waals surface area contributed by atoms with Crippen LogP contribution in [0.5, 0.6) is 5.75 Å². The van der Waals surface area contributed by atoms with Gasteiger partial charge in [0.05, 0.1) is 5.75 Å². The third-order valence-electron chi connectivity index (χ3n) is 3.45. The van der Waals surface area contributed by atoms with Crippen molar-refractivity contribution in [2.24, 2.45) is 0 Å². The predicted octanol–water partition coefficient (Wildman–Crippen LogP) is 4.00. The van der Waals surface area contributed by atoms with Crippen molar-refractivity contribution in [2.75, 3.05) is 12.0 Å². The van der Waals surface area contributed by atoms with Crippen molar-refractivity contribution in [3.63, 3.8) is 0 Å². The summed E-state index contributed by atoms with van der Waals surface area (Å²) >= 11 is 1.48. The van der Waals surface area contributed by atoms with Crippen molar-refractivity contribution in [2.45, 2.75) is 38.0 Å². The highest BCUT2D eigenvalue weighted by atomic mass is 32.2. The van der Waals surface area contributed by atoms with Crippen molar-refractivity contribution in [3.8, 4) is 5.75 Å². The molecule has 0 amide bonds. The number of carbonyl (C=O) groups excluding carboxylic acids is 1. The van der Waals surface area contributed by atoms with Gasteiger partial charge in [0.25, 0.3) is 0 Å². The Labute approximate surface area is 113 Å². The molecule has 1 saturated carbocycles. The minimum atomic E-state index is -0.173. The lowest BCUT2D eigenvalue weighted by atomic mass is 9.84. The van der Waals surface area contributed by atoms with E-state index < -0.39 is 0 Å². The molecule has 2 nitrogen and oxygen atoms in total. The highest BCUT2D eigenvalue weighted by Crippen LogP contribution is 2.33. The van der Waals surface area contributed by atoms with E-state index in [1.165, 1.54) is 49.4 Å². The Morgan fingerprint density at radius 1 is 1.22 bits per heavy atom. The Kier molecular flexibility index (Phi) is 5.12. The zero-order chi connectivity index (χ0) is 12.8. The van der Waals surface area contributed by atoms with E-state index in [0.29, 0.717) is 17.4 Å². The lowest BCUT2D eigenvalue weighted by Gasteiger charge is -2.21. The standard InChI is InChI=1S/C15H20O2S/c1-18-11-15(16)17-14-9-7-13(8-10-14)12-5-3-2-4-6-12/h7-10,12H,2-6,11H2,1H3. The van der Waals surface area contributed by atoms with Crippen LogP contribution in [0.25, 0.3) is 0 Å². The Balaban J connectivity index is 1.94. The molecule has 2 rings (SSSR count). The second-order valence-corrected chi connectivity index (χ2v) is 5.68. The summed E-state index contributed by atoms with van der Waals surface area (Å²) in [4.78, 5) is 11.4. The minimum Gasteiger partial charge on any atom is -0.426 e. The molecule has 0 atom stereocenters. The molecule has 0 saturated heterocycles. The summed E-state index contributed by atoms with van der Waals surface area (Å²) in [5.41, 5.74) is 1.39. The van der Waals surface area contributed by atoms with E-state index in [4.69, 9.17) is 4.74 Å². The normalized spacial score (nSPS) is 16.5. The van der Waals surface area contributed by atoms with Crippen LogP contribution in [0.3, 0.4) is 0 Å². The summed E-state index contributed by atoms with van der Waals surface area (Å²) in [7, 11) is 0. The van der Waals surface area contributed by atoms with Crippen LogP contribution in [0.1, 0.15) is 43.6 Å². The average Bonchev–Trinajstić information content (AvgIpc) is 2.41. The van der Waals surface area contributed by atoms with E-state index >= 15 is 0 Å². The van der Waals surface area contributed by atoms with Gasteiger partial charge in [-0.2, -0.15) is 11.8 Å². The van der Waals surface area contributed by atoms with Gasteiger partial charge in [0.2, 0.25) is 0 Å². The summed E-state index contributed by atoms with van der Waals surface area (Å²) in [6.07, 6.45) is 8.55. The van der Waals surface area contributed by atoms with Gasteiger partial charge in [-0.05, 0) is 42.7 Å². The molecule has 1 fully saturated rings. The van der Waals surface area contributed by atoms with Crippen LogP contribution in [0.15, 0.2) is 24.3 Å². The predicted molar refractivity (Wildman–Crippen MR) is 76.3 cm³/mol. The molecule has 98 valence electrons. The van der Waals surface area contributed by atoms with Gasteiger partial charge >= 0.3 is 5.97 Å². The van der Waals surface area contributed by atoms with Crippen LogP contribution in [-0.2, 0) is 4.79 Å². The second-order valence-electron chi connectivity index (χ2n) is 4.81. The largest absolute Gasteiger partial charge is 0.426 e. The summed E-state index contributed by atoms with van der Waals surface area (Å²) in [6.45, 7) is 0. The van der Waals surface area contributed by atoms with Crippen LogP contribution < -0.4 is 4.74 Å². The molecule has 0 radical (unpaired) electrons. The molecule has 0 heterocycles. The number of carbonyl (C=O) groups is 1. The van der Waals surface area contributed by atoms with E-state index in [9.17, 15) is 4.79 Å². The first-order chi connectivity index (χ1) is 8.79. The number of esters is 1. The van der Waals surface area contributed by atoms with E-state index in [0.717, 1.165) is 0 Å². The van der Waals surface area contributed by atoms with Crippen LogP contribution in [0, 0.1) is 0 Å². The van der Waals surface area contributed by atoms with Gasteiger partial charge in [0, 0.05) is 0 Å². The molecule has 1 aromatic rings. The van der Waals surface area contributed by atoms with Gasteiger partial charge in [-0.3, -0.25) is 4.79 Å². The number of hydrogen-bond donors (Lipinski definition) is 0. The molecule has 1 aliphatic rings. The van der Waals surface area contributed by atoms with E-state index in [1.807, 2.05) is 18.4 Å². The SMILES string of the molecule is CSCC(=O)Oc1ccc(C2CCCCC2)cc1. The second kappa shape index (κ2) is 6.83. The van der Waals surface area contributed by atoms with Crippen LogP contribution in [-0.4, -0.2) is 18.0 Å². The van der Waals surface area contributed by atoms with Crippen molar-refractivity contribution < 1.29 is 9.53 Å². The molecule has 0 aliphatic heterocycles. The molecular formula is C15H20O2S. The first-order valence-electron chi connectivity index (χ1n) is 6.59. The molecule has 1 aromatic carbocycles. The molecule has 1 aliphatic carbocycles. The fourth-order valence-electron chi connectivity index (χ4n) is 2.52. The van der Waals surface area contributed by atoms with E-state index in [-0.39, 0.29) is 5.97 Å². The number of thioether (sulfide) groups is 1. The van der Waals surface area contributed by atoms with Gasteiger partial charge in [-0.25, -0.2) is 0 Å². The summed E-state index contributed by atoms with van der Waals surface area (Å²) in [5, 5.41) is 0. The van der Waals surface area contributed by atoms with Gasteiger partial charge in [-0.1, -0.05) is 31.4 Å². The Morgan fingerprint density at radius 3 is 2.50 bits per heavy atom. The molecule has 18 heavy (non-hydrogen) atoms. The molecule has 0 aromatic heterocycles. The molecular weight excluding hydrogens is 244 g/mol. The topological polar surface area (TPSA) is 26.3 Å². The molecule has 0 unspecified atom stereocenters. The smallest absolute Gasteiger partial charge is 0.321 e. The number of ether oxygens (including phenoxy) is 1. The van der Waals surface area contributed by atoms with Gasteiger partial charge < -0.3 is 4.74 Å². The Bertz CT molecular complexity index is 380.